The monoisotopic (exact) mass is 280 g/mol. The van der Waals surface area contributed by atoms with E-state index in [1.54, 1.807) is 0 Å². The second-order valence-corrected chi connectivity index (χ2v) is 11.5. The van der Waals surface area contributed by atoms with Crippen LogP contribution in [0.1, 0.15) is 32.4 Å². The van der Waals surface area contributed by atoms with Gasteiger partial charge in [0.05, 0.1) is 6.61 Å². The number of hydrogen-bond acceptors (Lipinski definition) is 3. The van der Waals surface area contributed by atoms with Gasteiger partial charge in [0.1, 0.15) is 18.0 Å². The molecule has 1 N–H and O–H groups in total. The van der Waals surface area contributed by atoms with Crippen molar-refractivity contribution >= 4 is 8.32 Å². The first-order valence-corrected chi connectivity index (χ1v) is 9.70. The number of epoxide rings is 1. The van der Waals surface area contributed by atoms with E-state index in [4.69, 9.17) is 9.16 Å². The molecule has 0 unspecified atom stereocenters. The molecule has 4 heteroatoms. The van der Waals surface area contributed by atoms with Crippen LogP contribution >= 0.6 is 0 Å². The first-order chi connectivity index (χ1) is 8.71. The highest BCUT2D eigenvalue weighted by Gasteiger charge is 2.39. The lowest BCUT2D eigenvalue weighted by Gasteiger charge is -2.36. The Morgan fingerprint density at radius 2 is 1.79 bits per heavy atom. The molecule has 1 fully saturated rings. The third kappa shape index (κ3) is 3.38. The highest BCUT2D eigenvalue weighted by Crippen LogP contribution is 2.37. The van der Waals surface area contributed by atoms with Gasteiger partial charge in [-0.05, 0) is 35.8 Å². The first kappa shape index (κ1) is 14.6. The van der Waals surface area contributed by atoms with Gasteiger partial charge in [-0.2, -0.15) is 0 Å². The average molecular weight is 280 g/mol. The minimum absolute atomic E-state index is 0.0211. The van der Waals surface area contributed by atoms with Crippen LogP contribution in [0.15, 0.2) is 24.3 Å². The fraction of sp³-hybridized carbons (Fsp3) is 0.600. The van der Waals surface area contributed by atoms with E-state index in [1.165, 1.54) is 0 Å². The SMILES string of the molecule is CC(C)(C)[Si](C)(C)Oc1ccc([C@@H](O)[C@@H]2CO2)cc1. The minimum atomic E-state index is -1.79. The van der Waals surface area contributed by atoms with E-state index in [1.807, 2.05) is 24.3 Å². The molecule has 0 aliphatic carbocycles. The van der Waals surface area contributed by atoms with E-state index in [0.29, 0.717) is 6.61 Å². The van der Waals surface area contributed by atoms with Gasteiger partial charge in [0.25, 0.3) is 0 Å². The molecule has 1 aromatic carbocycles. The number of benzene rings is 1. The lowest BCUT2D eigenvalue weighted by atomic mass is 10.1. The van der Waals surface area contributed by atoms with Crippen LogP contribution in [0.2, 0.25) is 18.1 Å². The zero-order valence-corrected chi connectivity index (χ0v) is 13.4. The van der Waals surface area contributed by atoms with E-state index in [0.717, 1.165) is 11.3 Å². The Morgan fingerprint density at radius 1 is 1.26 bits per heavy atom. The predicted octanol–water partition coefficient (Wildman–Crippen LogP) is 3.50. The molecule has 1 aliphatic heterocycles. The molecule has 19 heavy (non-hydrogen) atoms. The lowest BCUT2D eigenvalue weighted by molar-refractivity contribution is 0.137. The molecule has 0 bridgehead atoms. The second kappa shape index (κ2) is 4.92. The normalized spacial score (nSPS) is 21.1. The van der Waals surface area contributed by atoms with E-state index in [-0.39, 0.29) is 11.1 Å². The molecule has 1 saturated heterocycles. The molecule has 3 nitrogen and oxygen atoms in total. The molecule has 1 aromatic rings. The van der Waals surface area contributed by atoms with Crippen LogP contribution in [0.25, 0.3) is 0 Å². The Hall–Kier alpha value is -0.843. The maximum Gasteiger partial charge on any atom is 0.250 e. The molecule has 1 heterocycles. The Morgan fingerprint density at radius 3 is 2.21 bits per heavy atom. The number of hydrogen-bond donors (Lipinski definition) is 1. The van der Waals surface area contributed by atoms with Gasteiger partial charge in [0.2, 0.25) is 8.32 Å². The summed E-state index contributed by atoms with van der Waals surface area (Å²) in [5, 5.41) is 10.1. The van der Waals surface area contributed by atoms with Crippen LogP contribution in [0.3, 0.4) is 0 Å². The maximum absolute atomic E-state index is 9.96. The number of rotatable bonds is 4. The van der Waals surface area contributed by atoms with E-state index in [9.17, 15) is 5.11 Å². The summed E-state index contributed by atoms with van der Waals surface area (Å²) in [6, 6.07) is 7.74. The molecular formula is C15H24O3Si. The molecule has 0 spiro atoms. The third-order valence-electron chi connectivity index (χ3n) is 4.11. The molecule has 2 atom stereocenters. The Balaban J connectivity index is 2.06. The summed E-state index contributed by atoms with van der Waals surface area (Å²) in [4.78, 5) is 0. The van der Waals surface area contributed by atoms with E-state index in [2.05, 4.69) is 33.9 Å². The van der Waals surface area contributed by atoms with Crippen molar-refractivity contribution in [2.45, 2.75) is 51.1 Å². The quantitative estimate of drug-likeness (QED) is 0.678. The molecule has 0 amide bonds. The number of aliphatic hydroxyl groups is 1. The van der Waals surface area contributed by atoms with Gasteiger partial charge < -0.3 is 14.3 Å². The van der Waals surface area contributed by atoms with Crippen molar-refractivity contribution in [3.63, 3.8) is 0 Å². The third-order valence-corrected chi connectivity index (χ3v) is 8.47. The van der Waals surface area contributed by atoms with Crippen LogP contribution in [0.5, 0.6) is 5.75 Å². The van der Waals surface area contributed by atoms with Gasteiger partial charge in [-0.1, -0.05) is 32.9 Å². The summed E-state index contributed by atoms with van der Waals surface area (Å²) < 4.78 is 11.3. The van der Waals surface area contributed by atoms with Crippen molar-refractivity contribution < 1.29 is 14.3 Å². The topological polar surface area (TPSA) is 42.0 Å². The molecule has 0 radical (unpaired) electrons. The molecule has 106 valence electrons. The lowest BCUT2D eigenvalue weighted by Crippen LogP contribution is -2.43. The summed E-state index contributed by atoms with van der Waals surface area (Å²) >= 11 is 0. The summed E-state index contributed by atoms with van der Waals surface area (Å²) in [5.41, 5.74) is 0.894. The smallest absolute Gasteiger partial charge is 0.250 e. The first-order valence-electron chi connectivity index (χ1n) is 6.79. The van der Waals surface area contributed by atoms with Crippen LogP contribution in [-0.2, 0) is 4.74 Å². The summed E-state index contributed by atoms with van der Waals surface area (Å²) in [5.74, 6) is 0.888. The van der Waals surface area contributed by atoms with Crippen LogP contribution < -0.4 is 4.43 Å². The van der Waals surface area contributed by atoms with Crippen LogP contribution in [0, 0.1) is 0 Å². The molecular weight excluding hydrogens is 256 g/mol. The molecule has 2 rings (SSSR count). The van der Waals surface area contributed by atoms with Gasteiger partial charge >= 0.3 is 0 Å². The minimum Gasteiger partial charge on any atom is -0.544 e. The molecule has 0 aromatic heterocycles. The maximum atomic E-state index is 9.96. The van der Waals surface area contributed by atoms with Gasteiger partial charge in [0.15, 0.2) is 0 Å². The van der Waals surface area contributed by atoms with Crippen molar-refractivity contribution in [2.75, 3.05) is 6.61 Å². The van der Waals surface area contributed by atoms with Crippen molar-refractivity contribution in [3.05, 3.63) is 29.8 Å². The second-order valence-electron chi connectivity index (χ2n) is 6.75. The predicted molar refractivity (Wildman–Crippen MR) is 79.0 cm³/mol. The van der Waals surface area contributed by atoms with Crippen molar-refractivity contribution in [3.8, 4) is 5.75 Å². The van der Waals surface area contributed by atoms with E-state index >= 15 is 0 Å². The summed E-state index contributed by atoms with van der Waals surface area (Å²) in [7, 11) is -1.79. The average Bonchev–Trinajstić information content (AvgIpc) is 3.11. The van der Waals surface area contributed by atoms with Gasteiger partial charge in [-0.25, -0.2) is 0 Å². The van der Waals surface area contributed by atoms with E-state index < -0.39 is 14.4 Å². The number of ether oxygens (including phenoxy) is 1. The van der Waals surface area contributed by atoms with Crippen molar-refractivity contribution in [2.24, 2.45) is 0 Å². The zero-order chi connectivity index (χ0) is 14.3. The molecule has 0 saturated carbocycles. The fourth-order valence-corrected chi connectivity index (χ4v) is 2.66. The Kier molecular flexibility index (Phi) is 3.77. The van der Waals surface area contributed by atoms with Crippen molar-refractivity contribution in [1.82, 2.24) is 0 Å². The standard InChI is InChI=1S/C15H24O3Si/c1-15(2,3)19(4,5)18-12-8-6-11(7-9-12)14(16)13-10-17-13/h6-9,13-14,16H,10H2,1-5H3/t13-,14+/m0/s1. The Bertz CT molecular complexity index is 430. The number of aliphatic hydroxyl groups excluding tert-OH is 1. The zero-order valence-electron chi connectivity index (χ0n) is 12.4. The highest BCUT2D eigenvalue weighted by atomic mass is 28.4. The van der Waals surface area contributed by atoms with Gasteiger partial charge in [0, 0.05) is 0 Å². The summed E-state index contributed by atoms with van der Waals surface area (Å²) in [6.07, 6.45) is -0.533. The molecule has 1 aliphatic rings. The van der Waals surface area contributed by atoms with Gasteiger partial charge in [-0.3, -0.25) is 0 Å². The fourth-order valence-electron chi connectivity index (χ4n) is 1.63. The van der Waals surface area contributed by atoms with Crippen LogP contribution in [-0.4, -0.2) is 26.1 Å². The summed E-state index contributed by atoms with van der Waals surface area (Å²) in [6.45, 7) is 11.8. The van der Waals surface area contributed by atoms with Gasteiger partial charge in [-0.15, -0.1) is 0 Å². The highest BCUT2D eigenvalue weighted by molar-refractivity contribution is 6.74. The van der Waals surface area contributed by atoms with Crippen LogP contribution in [0.4, 0.5) is 0 Å². The Labute approximate surface area is 116 Å². The largest absolute Gasteiger partial charge is 0.544 e. The van der Waals surface area contributed by atoms with Crippen molar-refractivity contribution in [1.29, 1.82) is 0 Å².